The quantitative estimate of drug-likeness (QED) is 0.737. The molecule has 3 aromatic heterocycles. The average molecular weight is 369 g/mol. The number of nitrogens with one attached hydrogen (secondary N) is 2. The van der Waals surface area contributed by atoms with E-state index in [-0.39, 0.29) is 18.2 Å². The molecule has 142 valence electrons. The number of fused-ring (bicyclic) bond motifs is 1. The van der Waals surface area contributed by atoms with Gasteiger partial charge in [0.2, 0.25) is 0 Å². The number of rotatable bonds is 4. The van der Waals surface area contributed by atoms with Crippen molar-refractivity contribution in [1.29, 1.82) is 0 Å². The Bertz CT molecular complexity index is 961. The van der Waals surface area contributed by atoms with Crippen LogP contribution in [0.2, 0.25) is 0 Å². The number of aryl methyl sites for hydroxylation is 1. The van der Waals surface area contributed by atoms with Crippen molar-refractivity contribution in [2.75, 3.05) is 6.61 Å². The minimum Gasteiger partial charge on any atom is -0.444 e. The van der Waals surface area contributed by atoms with Gasteiger partial charge in [0.1, 0.15) is 11.8 Å². The zero-order valence-corrected chi connectivity index (χ0v) is 15.6. The summed E-state index contributed by atoms with van der Waals surface area (Å²) in [6.07, 6.45) is 3.42. The summed E-state index contributed by atoms with van der Waals surface area (Å²) in [6.45, 7) is 4.18. The molecule has 8 nitrogen and oxygen atoms in total. The summed E-state index contributed by atoms with van der Waals surface area (Å²) >= 11 is 0. The number of alkyl carbamates (subject to hydrolysis) is 1. The van der Waals surface area contributed by atoms with E-state index in [1.807, 2.05) is 37.8 Å². The predicted octanol–water partition coefficient (Wildman–Crippen LogP) is 2.93. The summed E-state index contributed by atoms with van der Waals surface area (Å²) in [5, 5.41) is 7.94. The monoisotopic (exact) mass is 369 g/mol. The van der Waals surface area contributed by atoms with Crippen molar-refractivity contribution in [2.24, 2.45) is 7.05 Å². The Hall–Kier alpha value is -2.87. The van der Waals surface area contributed by atoms with E-state index in [0.717, 1.165) is 28.0 Å². The number of aromatic nitrogens is 4. The Kier molecular flexibility index (Phi) is 4.57. The summed E-state index contributed by atoms with van der Waals surface area (Å²) in [5.41, 5.74) is 3.76. The lowest BCUT2D eigenvalue weighted by molar-refractivity contribution is 0.0691. The summed E-state index contributed by atoms with van der Waals surface area (Å²) in [5.74, 6) is 0. The minimum atomic E-state index is -0.403. The van der Waals surface area contributed by atoms with Gasteiger partial charge in [-0.1, -0.05) is 0 Å². The van der Waals surface area contributed by atoms with Crippen LogP contribution in [-0.2, 0) is 16.5 Å². The molecule has 0 radical (unpaired) electrons. The largest absolute Gasteiger partial charge is 0.444 e. The molecule has 0 aliphatic carbocycles. The Morgan fingerprint density at radius 2 is 2.30 bits per heavy atom. The second kappa shape index (κ2) is 7.03. The highest BCUT2D eigenvalue weighted by molar-refractivity contribution is 5.82. The second-order valence-electron chi connectivity index (χ2n) is 7.11. The second-order valence-corrected chi connectivity index (χ2v) is 7.11. The van der Waals surface area contributed by atoms with Crippen LogP contribution in [0.25, 0.3) is 22.4 Å². The fourth-order valence-corrected chi connectivity index (χ4v) is 3.32. The molecule has 1 fully saturated rings. The first kappa shape index (κ1) is 17.5. The number of aromatic amines is 1. The molecule has 0 saturated carbocycles. The highest BCUT2D eigenvalue weighted by Gasteiger charge is 2.30. The molecule has 3 aromatic rings. The van der Waals surface area contributed by atoms with Crippen LogP contribution in [0.5, 0.6) is 0 Å². The summed E-state index contributed by atoms with van der Waals surface area (Å²) < 4.78 is 13.1. The molecule has 1 aliphatic rings. The summed E-state index contributed by atoms with van der Waals surface area (Å²) in [7, 11) is 1.90. The lowest BCUT2D eigenvalue weighted by Gasteiger charge is -2.13. The Balaban J connectivity index is 1.48. The molecule has 0 bridgehead atoms. The van der Waals surface area contributed by atoms with Gasteiger partial charge in [-0.2, -0.15) is 5.10 Å². The van der Waals surface area contributed by atoms with Crippen LogP contribution >= 0.6 is 0 Å². The normalized spacial score (nSPS) is 19.7. The number of carbonyl (C=O) groups excluding carboxylic acids is 1. The molecule has 0 aromatic carbocycles. The maximum absolute atomic E-state index is 11.8. The molecule has 0 spiro atoms. The Labute approximate surface area is 156 Å². The van der Waals surface area contributed by atoms with E-state index in [1.54, 1.807) is 6.20 Å². The number of nitrogens with zero attached hydrogens (tertiary/aromatic N) is 3. The zero-order valence-electron chi connectivity index (χ0n) is 15.6. The molecule has 27 heavy (non-hydrogen) atoms. The molecule has 1 amide bonds. The maximum Gasteiger partial charge on any atom is 0.407 e. The van der Waals surface area contributed by atoms with Crippen LogP contribution < -0.4 is 5.32 Å². The highest BCUT2D eigenvalue weighted by Crippen LogP contribution is 2.32. The van der Waals surface area contributed by atoms with Gasteiger partial charge in [0.05, 0.1) is 24.1 Å². The van der Waals surface area contributed by atoms with Gasteiger partial charge in [0, 0.05) is 37.3 Å². The molecule has 8 heteroatoms. The predicted molar refractivity (Wildman–Crippen MR) is 100 cm³/mol. The standard InChI is InChI=1S/C19H23N5O3/c1-11(2)22-19(25)27-14-8-17(26-10-14)13-6-12-7-15(23-18(12)20-9-13)16-4-5-21-24(16)3/h4-7,9,11,14,17H,8,10H2,1-3H3,(H,20,23)(H,22,25)/t14-,17?/m0/s1. The summed E-state index contributed by atoms with van der Waals surface area (Å²) in [4.78, 5) is 19.6. The third kappa shape index (κ3) is 3.66. The topological polar surface area (TPSA) is 94.1 Å². The number of amides is 1. The van der Waals surface area contributed by atoms with E-state index in [9.17, 15) is 4.79 Å². The lowest BCUT2D eigenvalue weighted by atomic mass is 10.1. The van der Waals surface area contributed by atoms with E-state index in [2.05, 4.69) is 32.5 Å². The molecule has 2 atom stereocenters. The number of ether oxygens (including phenoxy) is 2. The fraction of sp³-hybridized carbons (Fsp3) is 0.421. The van der Waals surface area contributed by atoms with Crippen LogP contribution in [0.1, 0.15) is 31.9 Å². The van der Waals surface area contributed by atoms with Crippen molar-refractivity contribution in [3.63, 3.8) is 0 Å². The minimum absolute atomic E-state index is 0.0458. The molecule has 2 N–H and O–H groups in total. The number of hydrogen-bond donors (Lipinski definition) is 2. The molecule has 4 heterocycles. The summed E-state index contributed by atoms with van der Waals surface area (Å²) in [6, 6.07) is 6.13. The third-order valence-corrected chi connectivity index (χ3v) is 4.60. The molecular formula is C19H23N5O3. The van der Waals surface area contributed by atoms with Crippen molar-refractivity contribution >= 4 is 17.1 Å². The Morgan fingerprint density at radius 3 is 3.04 bits per heavy atom. The van der Waals surface area contributed by atoms with Gasteiger partial charge < -0.3 is 19.8 Å². The van der Waals surface area contributed by atoms with Crippen LogP contribution in [0, 0.1) is 0 Å². The maximum atomic E-state index is 11.8. The number of H-pyrrole nitrogens is 1. The first-order valence-electron chi connectivity index (χ1n) is 9.05. The molecule has 1 unspecified atom stereocenters. The molecule has 4 rings (SSSR count). The van der Waals surface area contributed by atoms with Crippen LogP contribution in [0.15, 0.2) is 30.6 Å². The van der Waals surface area contributed by atoms with Crippen LogP contribution in [-0.4, -0.2) is 44.6 Å². The van der Waals surface area contributed by atoms with Crippen molar-refractivity contribution in [1.82, 2.24) is 25.1 Å². The Morgan fingerprint density at radius 1 is 1.44 bits per heavy atom. The van der Waals surface area contributed by atoms with Gasteiger partial charge in [0.15, 0.2) is 0 Å². The first-order chi connectivity index (χ1) is 13.0. The van der Waals surface area contributed by atoms with Crippen LogP contribution in [0.4, 0.5) is 4.79 Å². The van der Waals surface area contributed by atoms with E-state index < -0.39 is 6.09 Å². The van der Waals surface area contributed by atoms with E-state index in [4.69, 9.17) is 9.47 Å². The van der Waals surface area contributed by atoms with Gasteiger partial charge in [-0.25, -0.2) is 9.78 Å². The van der Waals surface area contributed by atoms with Gasteiger partial charge >= 0.3 is 6.09 Å². The number of pyridine rings is 1. The van der Waals surface area contributed by atoms with Crippen molar-refractivity contribution < 1.29 is 14.3 Å². The first-order valence-corrected chi connectivity index (χ1v) is 9.05. The fourth-order valence-electron chi connectivity index (χ4n) is 3.32. The number of hydrogen-bond acceptors (Lipinski definition) is 5. The zero-order chi connectivity index (χ0) is 19.0. The van der Waals surface area contributed by atoms with E-state index >= 15 is 0 Å². The molecule has 1 aliphatic heterocycles. The van der Waals surface area contributed by atoms with Gasteiger partial charge in [-0.3, -0.25) is 4.68 Å². The van der Waals surface area contributed by atoms with Crippen molar-refractivity contribution in [2.45, 2.75) is 38.5 Å². The molecular weight excluding hydrogens is 346 g/mol. The van der Waals surface area contributed by atoms with E-state index in [0.29, 0.717) is 13.0 Å². The molecule has 1 saturated heterocycles. The van der Waals surface area contributed by atoms with Crippen molar-refractivity contribution in [3.8, 4) is 11.4 Å². The lowest BCUT2D eigenvalue weighted by Crippen LogP contribution is -2.33. The average Bonchev–Trinajstić information content (AvgIpc) is 3.31. The third-order valence-electron chi connectivity index (χ3n) is 4.60. The van der Waals surface area contributed by atoms with Crippen LogP contribution in [0.3, 0.4) is 0 Å². The number of carbonyl (C=O) groups is 1. The highest BCUT2D eigenvalue weighted by atomic mass is 16.6. The van der Waals surface area contributed by atoms with E-state index in [1.165, 1.54) is 0 Å². The SMILES string of the molecule is CC(C)NC(=O)O[C@@H]1COC(c2cnc3[nH]c(-c4ccnn4C)cc3c2)C1. The smallest absolute Gasteiger partial charge is 0.407 e. The van der Waals surface area contributed by atoms with Gasteiger partial charge in [-0.05, 0) is 37.6 Å². The van der Waals surface area contributed by atoms with Gasteiger partial charge in [0.25, 0.3) is 0 Å². The van der Waals surface area contributed by atoms with Crippen molar-refractivity contribution in [3.05, 3.63) is 36.2 Å². The van der Waals surface area contributed by atoms with Gasteiger partial charge in [-0.15, -0.1) is 0 Å².